The van der Waals surface area contributed by atoms with E-state index in [-0.39, 0.29) is 17.1 Å². The number of hydrogen-bond donors (Lipinski definition) is 0. The number of terminal acetylenes is 2. The molecule has 0 aromatic carbocycles. The molecule has 0 aliphatic rings. The molecule has 0 aliphatic carbocycles. The van der Waals surface area contributed by atoms with Gasteiger partial charge in [-0.15, -0.1) is 12.8 Å². The fraction of sp³-hybridized carbons (Fsp3) is 0. The van der Waals surface area contributed by atoms with Crippen LogP contribution in [-0.4, -0.2) is 63.6 Å². The van der Waals surface area contributed by atoms with Crippen LogP contribution in [0.25, 0.3) is 23.3 Å². The fourth-order valence-corrected chi connectivity index (χ4v) is 3.26. The third kappa shape index (κ3) is 13.5. The van der Waals surface area contributed by atoms with Crippen molar-refractivity contribution in [1.82, 2.24) is 49.1 Å². The van der Waals surface area contributed by atoms with Gasteiger partial charge in [-0.05, 0) is 48.5 Å². The molecule has 0 N–H and O–H groups in total. The first-order valence-corrected chi connectivity index (χ1v) is 12.5. The van der Waals surface area contributed by atoms with Gasteiger partial charge in [-0.3, -0.25) is 0 Å². The Morgan fingerprint density at radius 2 is 0.681 bits per heavy atom. The summed E-state index contributed by atoms with van der Waals surface area (Å²) in [7, 11) is -12.0. The smallest absolute Gasteiger partial charge is 0.418 e. The fourth-order valence-electron chi connectivity index (χ4n) is 3.26. The van der Waals surface area contributed by atoms with Crippen molar-refractivity contribution in [3.8, 4) is 48.0 Å². The van der Waals surface area contributed by atoms with Gasteiger partial charge in [0.25, 0.3) is 0 Å². The van der Waals surface area contributed by atoms with E-state index in [1.165, 1.54) is 0 Å². The van der Waals surface area contributed by atoms with Gasteiger partial charge in [0.15, 0.2) is 23.3 Å². The van der Waals surface area contributed by atoms with Crippen molar-refractivity contribution in [2.75, 3.05) is 0 Å². The second kappa shape index (κ2) is 17.2. The maximum Gasteiger partial charge on any atom is 2.00 e. The van der Waals surface area contributed by atoms with Crippen molar-refractivity contribution in [2.45, 2.75) is 0 Å². The summed E-state index contributed by atoms with van der Waals surface area (Å²) >= 11 is 0. The molecule has 6 heterocycles. The van der Waals surface area contributed by atoms with Crippen molar-refractivity contribution >= 4 is 14.5 Å². The Morgan fingerprint density at radius 3 is 0.830 bits per heavy atom. The zero-order valence-electron chi connectivity index (χ0n) is 23.4. The van der Waals surface area contributed by atoms with Gasteiger partial charge in [0, 0.05) is 60.7 Å². The van der Waals surface area contributed by atoms with Gasteiger partial charge >= 0.3 is 31.6 Å². The Kier molecular flexibility index (Phi) is 13.7. The van der Waals surface area contributed by atoms with Crippen LogP contribution in [0, 0.1) is 24.7 Å². The Hall–Kier alpha value is -5.65. The second-order valence-electron chi connectivity index (χ2n) is 8.23. The molecule has 0 spiro atoms. The molecule has 0 saturated heterocycles. The minimum Gasteiger partial charge on any atom is -0.418 e. The summed E-state index contributed by atoms with van der Waals surface area (Å²) in [4.78, 5) is 8.94. The molecule has 6 aromatic rings. The van der Waals surface area contributed by atoms with Crippen molar-refractivity contribution < 1.29 is 51.6 Å². The summed E-state index contributed by atoms with van der Waals surface area (Å²) in [6, 6.07) is 14.5. The topological polar surface area (TPSA) is 97.1 Å². The Bertz CT molecular complexity index is 1610. The molecular formula is C26H18B2F8FeN10. The molecule has 47 heavy (non-hydrogen) atoms. The van der Waals surface area contributed by atoms with Crippen LogP contribution in [0.15, 0.2) is 98.1 Å². The maximum absolute atomic E-state index is 9.75. The number of halogens is 8. The van der Waals surface area contributed by atoms with Crippen LogP contribution in [0.5, 0.6) is 0 Å². The van der Waals surface area contributed by atoms with E-state index in [1.807, 2.05) is 49.1 Å². The molecule has 21 heteroatoms. The van der Waals surface area contributed by atoms with Crippen LogP contribution in [-0.2, 0) is 17.1 Å². The van der Waals surface area contributed by atoms with Gasteiger partial charge in [-0.1, -0.05) is 11.8 Å². The third-order valence-corrected chi connectivity index (χ3v) is 4.89. The van der Waals surface area contributed by atoms with Crippen molar-refractivity contribution in [3.05, 3.63) is 109 Å². The zero-order valence-corrected chi connectivity index (χ0v) is 24.5. The second-order valence-corrected chi connectivity index (χ2v) is 8.23. The van der Waals surface area contributed by atoms with Crippen LogP contribution in [0.4, 0.5) is 34.5 Å². The molecule has 0 atom stereocenters. The van der Waals surface area contributed by atoms with E-state index in [1.54, 1.807) is 67.8 Å². The number of hydrogen-bond acceptors (Lipinski definition) is 6. The standard InChI is InChI=1S/2C13H9N5.2BF4.Fe/c2*1-2-11-9-12(17-7-3-5-14-17)16-13(10-11)18-8-4-6-15-18;2*2-1(3,4)5;/h2*1,3-10H;;;/q;;2*-1;+2. The molecule has 0 unspecified atom stereocenters. The zero-order chi connectivity index (χ0) is 33.7. The minimum atomic E-state index is -6.00. The van der Waals surface area contributed by atoms with Gasteiger partial charge in [0.2, 0.25) is 0 Å². The van der Waals surface area contributed by atoms with Gasteiger partial charge < -0.3 is 34.5 Å². The molecule has 0 bridgehead atoms. The first-order valence-electron chi connectivity index (χ1n) is 12.5. The predicted octanol–water partition coefficient (Wildman–Crippen LogP) is 5.47. The Balaban J connectivity index is 0.000000251. The average molecular weight is 700 g/mol. The van der Waals surface area contributed by atoms with Gasteiger partial charge in [-0.2, -0.15) is 20.4 Å². The number of pyridine rings is 2. The average Bonchev–Trinajstić information content (AvgIpc) is 3.83. The molecule has 10 nitrogen and oxygen atoms in total. The predicted molar refractivity (Wildman–Crippen MR) is 153 cm³/mol. The monoisotopic (exact) mass is 700 g/mol. The molecule has 0 amide bonds. The Morgan fingerprint density at radius 1 is 0.468 bits per heavy atom. The van der Waals surface area contributed by atoms with E-state index in [4.69, 9.17) is 12.8 Å². The van der Waals surface area contributed by atoms with Crippen LogP contribution < -0.4 is 0 Å². The summed E-state index contributed by atoms with van der Waals surface area (Å²) in [5.41, 5.74) is 1.47. The van der Waals surface area contributed by atoms with E-state index >= 15 is 0 Å². The first-order chi connectivity index (χ1) is 21.7. The largest absolute Gasteiger partial charge is 2.00 e. The van der Waals surface area contributed by atoms with E-state index < -0.39 is 14.5 Å². The summed E-state index contributed by atoms with van der Waals surface area (Å²) in [6.07, 6.45) is 24.9. The van der Waals surface area contributed by atoms with Gasteiger partial charge in [0.05, 0.1) is 0 Å². The number of aromatic nitrogens is 10. The Labute approximate surface area is 272 Å². The molecule has 6 rings (SSSR count). The number of rotatable bonds is 4. The molecule has 0 aliphatic heterocycles. The summed E-state index contributed by atoms with van der Waals surface area (Å²) in [5, 5.41) is 16.6. The minimum absolute atomic E-state index is 0. The molecule has 0 saturated carbocycles. The first kappa shape index (κ1) is 37.5. The van der Waals surface area contributed by atoms with Crippen molar-refractivity contribution in [2.24, 2.45) is 0 Å². The summed E-state index contributed by atoms with van der Waals surface area (Å²) < 4.78 is 84.6. The normalized spacial score (nSPS) is 10.3. The van der Waals surface area contributed by atoms with Crippen LogP contribution in [0.3, 0.4) is 0 Å². The maximum atomic E-state index is 9.75. The SMILES string of the molecule is C#Cc1cc(-n2cccn2)nc(-n2cccn2)c1.C#Cc1cc(-n2cccn2)nc(-n2cccn2)c1.F[B-](F)(F)F.F[B-](F)(F)F.[Fe+2]. The van der Waals surface area contributed by atoms with Gasteiger partial charge in [0.1, 0.15) is 0 Å². The molecule has 242 valence electrons. The summed E-state index contributed by atoms with van der Waals surface area (Å²) in [5.74, 6) is 7.89. The van der Waals surface area contributed by atoms with E-state index in [0.29, 0.717) is 23.3 Å². The van der Waals surface area contributed by atoms with E-state index in [2.05, 4.69) is 42.2 Å². The summed E-state index contributed by atoms with van der Waals surface area (Å²) in [6.45, 7) is 0. The van der Waals surface area contributed by atoms with E-state index in [9.17, 15) is 34.5 Å². The quantitative estimate of drug-likeness (QED) is 0.138. The molecule has 0 radical (unpaired) electrons. The van der Waals surface area contributed by atoms with Crippen LogP contribution in [0.1, 0.15) is 11.1 Å². The van der Waals surface area contributed by atoms with Gasteiger partial charge in [-0.25, -0.2) is 28.7 Å². The van der Waals surface area contributed by atoms with E-state index in [0.717, 1.165) is 11.1 Å². The third-order valence-electron chi connectivity index (χ3n) is 4.89. The van der Waals surface area contributed by atoms with Crippen molar-refractivity contribution in [1.29, 1.82) is 0 Å². The molecular weight excluding hydrogens is 682 g/mol. The van der Waals surface area contributed by atoms with Crippen molar-refractivity contribution in [3.63, 3.8) is 0 Å². The van der Waals surface area contributed by atoms with Crippen LogP contribution in [0.2, 0.25) is 0 Å². The van der Waals surface area contributed by atoms with Crippen LogP contribution >= 0.6 is 0 Å². The molecule has 6 aromatic heterocycles. The number of nitrogens with zero attached hydrogens (tertiary/aromatic N) is 10. The molecule has 0 fully saturated rings.